The molecule has 0 fully saturated rings. The van der Waals surface area contributed by atoms with E-state index in [9.17, 15) is 4.79 Å². The second-order valence-corrected chi connectivity index (χ2v) is 4.69. The summed E-state index contributed by atoms with van der Waals surface area (Å²) in [6.45, 7) is 1.88. The fourth-order valence-corrected chi connectivity index (χ4v) is 1.97. The summed E-state index contributed by atoms with van der Waals surface area (Å²) in [4.78, 5) is 16.3. The third-order valence-electron chi connectivity index (χ3n) is 2.81. The first-order valence-electron chi connectivity index (χ1n) is 6.09. The summed E-state index contributed by atoms with van der Waals surface area (Å²) in [5.74, 6) is -0.217. The first-order chi connectivity index (χ1) is 9.18. The maximum atomic E-state index is 12.1. The highest BCUT2D eigenvalue weighted by Gasteiger charge is 2.19. The molecule has 3 nitrogen and oxygen atoms in total. The standard InChI is InChI=1S/C15H15ClN2O/c1-11(13-9-5-6-10-17-13)18-15(19)14(16)12-7-3-2-4-8-12/h2-11,14H,1H3,(H,18,19)/t11-,14?/m0/s1. The lowest BCUT2D eigenvalue weighted by atomic mass is 10.1. The smallest absolute Gasteiger partial charge is 0.243 e. The van der Waals surface area contributed by atoms with Gasteiger partial charge in [0.1, 0.15) is 5.38 Å². The van der Waals surface area contributed by atoms with E-state index in [2.05, 4.69) is 10.3 Å². The van der Waals surface area contributed by atoms with Gasteiger partial charge in [-0.15, -0.1) is 11.6 Å². The molecule has 0 aliphatic carbocycles. The number of rotatable bonds is 4. The third-order valence-corrected chi connectivity index (χ3v) is 3.26. The van der Waals surface area contributed by atoms with E-state index in [1.54, 1.807) is 6.20 Å². The lowest BCUT2D eigenvalue weighted by Gasteiger charge is -2.16. The first kappa shape index (κ1) is 13.6. The van der Waals surface area contributed by atoms with Crippen molar-refractivity contribution in [1.29, 1.82) is 0 Å². The molecule has 19 heavy (non-hydrogen) atoms. The minimum Gasteiger partial charge on any atom is -0.346 e. The van der Waals surface area contributed by atoms with Gasteiger partial charge in [0.25, 0.3) is 0 Å². The van der Waals surface area contributed by atoms with Crippen molar-refractivity contribution in [2.24, 2.45) is 0 Å². The van der Waals surface area contributed by atoms with E-state index in [-0.39, 0.29) is 11.9 Å². The molecule has 0 aliphatic rings. The average molecular weight is 275 g/mol. The molecule has 0 saturated carbocycles. The summed E-state index contributed by atoms with van der Waals surface area (Å²) in [6.07, 6.45) is 1.70. The van der Waals surface area contributed by atoms with Gasteiger partial charge in [-0.25, -0.2) is 0 Å². The Morgan fingerprint density at radius 1 is 1.16 bits per heavy atom. The number of hydrogen-bond acceptors (Lipinski definition) is 2. The van der Waals surface area contributed by atoms with Crippen molar-refractivity contribution in [3.63, 3.8) is 0 Å². The van der Waals surface area contributed by atoms with Gasteiger partial charge in [-0.3, -0.25) is 9.78 Å². The minimum absolute atomic E-state index is 0.168. The van der Waals surface area contributed by atoms with Crippen LogP contribution in [0.3, 0.4) is 0 Å². The molecule has 1 aromatic heterocycles. The molecule has 98 valence electrons. The van der Waals surface area contributed by atoms with Gasteiger partial charge in [0.2, 0.25) is 5.91 Å². The second-order valence-electron chi connectivity index (χ2n) is 4.26. The highest BCUT2D eigenvalue weighted by molar-refractivity contribution is 6.30. The van der Waals surface area contributed by atoms with Crippen LogP contribution in [0, 0.1) is 0 Å². The summed E-state index contributed by atoms with van der Waals surface area (Å²) in [5, 5.41) is 2.17. The van der Waals surface area contributed by atoms with E-state index in [1.807, 2.05) is 55.5 Å². The molecule has 2 rings (SSSR count). The van der Waals surface area contributed by atoms with Gasteiger partial charge in [-0.05, 0) is 24.6 Å². The summed E-state index contributed by atoms with van der Waals surface area (Å²) >= 11 is 6.16. The lowest BCUT2D eigenvalue weighted by molar-refractivity contribution is -0.121. The second kappa shape index (κ2) is 6.34. The Balaban J connectivity index is 2.02. The molecule has 1 heterocycles. The zero-order valence-electron chi connectivity index (χ0n) is 10.6. The molecule has 2 atom stereocenters. The normalized spacial score (nSPS) is 13.6. The highest BCUT2D eigenvalue weighted by atomic mass is 35.5. The Bertz CT molecular complexity index is 530. The zero-order chi connectivity index (χ0) is 13.7. The Labute approximate surface area is 117 Å². The predicted molar refractivity (Wildman–Crippen MR) is 75.8 cm³/mol. The fourth-order valence-electron chi connectivity index (χ4n) is 1.77. The van der Waals surface area contributed by atoms with Crippen LogP contribution in [-0.2, 0) is 4.79 Å². The quantitative estimate of drug-likeness (QED) is 0.870. The van der Waals surface area contributed by atoms with E-state index >= 15 is 0 Å². The van der Waals surface area contributed by atoms with Crippen LogP contribution in [0.1, 0.15) is 29.6 Å². The Morgan fingerprint density at radius 2 is 1.84 bits per heavy atom. The van der Waals surface area contributed by atoms with Gasteiger partial charge in [0.05, 0.1) is 11.7 Å². The topological polar surface area (TPSA) is 42.0 Å². The molecule has 2 aromatic rings. The number of hydrogen-bond donors (Lipinski definition) is 1. The van der Waals surface area contributed by atoms with Crippen molar-refractivity contribution in [2.75, 3.05) is 0 Å². The van der Waals surface area contributed by atoms with Crippen LogP contribution in [0.15, 0.2) is 54.7 Å². The largest absolute Gasteiger partial charge is 0.346 e. The maximum absolute atomic E-state index is 12.1. The van der Waals surface area contributed by atoms with Crippen molar-refractivity contribution in [3.05, 3.63) is 66.0 Å². The lowest BCUT2D eigenvalue weighted by Crippen LogP contribution is -2.30. The van der Waals surface area contributed by atoms with E-state index in [0.717, 1.165) is 11.3 Å². The molecule has 0 aliphatic heterocycles. The zero-order valence-corrected chi connectivity index (χ0v) is 11.3. The molecule has 1 unspecified atom stereocenters. The molecule has 1 aromatic carbocycles. The first-order valence-corrected chi connectivity index (χ1v) is 6.52. The Kier molecular flexibility index (Phi) is 4.53. The Morgan fingerprint density at radius 3 is 2.47 bits per heavy atom. The molecule has 0 bridgehead atoms. The summed E-state index contributed by atoms with van der Waals surface area (Å²) in [5.41, 5.74) is 1.60. The van der Waals surface area contributed by atoms with Crippen LogP contribution in [0.4, 0.5) is 0 Å². The van der Waals surface area contributed by atoms with Crippen LogP contribution in [0.25, 0.3) is 0 Å². The number of benzene rings is 1. The molecule has 0 radical (unpaired) electrons. The third kappa shape index (κ3) is 3.55. The van der Waals surface area contributed by atoms with Crippen molar-refractivity contribution < 1.29 is 4.79 Å². The van der Waals surface area contributed by atoms with Crippen molar-refractivity contribution in [2.45, 2.75) is 18.3 Å². The molecular weight excluding hydrogens is 260 g/mol. The van der Waals surface area contributed by atoms with Crippen LogP contribution in [0.5, 0.6) is 0 Å². The average Bonchev–Trinajstić information content (AvgIpc) is 2.48. The van der Waals surface area contributed by atoms with Crippen molar-refractivity contribution in [3.8, 4) is 0 Å². The van der Waals surface area contributed by atoms with E-state index in [4.69, 9.17) is 11.6 Å². The van der Waals surface area contributed by atoms with Crippen LogP contribution in [-0.4, -0.2) is 10.9 Å². The predicted octanol–water partition coefficient (Wildman–Crippen LogP) is 3.24. The van der Waals surface area contributed by atoms with E-state index < -0.39 is 5.38 Å². The summed E-state index contributed by atoms with van der Waals surface area (Å²) < 4.78 is 0. The number of nitrogens with one attached hydrogen (secondary N) is 1. The van der Waals surface area contributed by atoms with Gasteiger partial charge in [-0.1, -0.05) is 36.4 Å². The fraction of sp³-hybridized carbons (Fsp3) is 0.200. The van der Waals surface area contributed by atoms with Gasteiger partial charge in [0, 0.05) is 6.20 Å². The molecular formula is C15H15ClN2O. The molecule has 1 N–H and O–H groups in total. The number of pyridine rings is 1. The molecule has 0 saturated heterocycles. The van der Waals surface area contributed by atoms with Crippen molar-refractivity contribution in [1.82, 2.24) is 10.3 Å². The highest BCUT2D eigenvalue weighted by Crippen LogP contribution is 2.21. The van der Waals surface area contributed by atoms with Gasteiger partial charge >= 0.3 is 0 Å². The Hall–Kier alpha value is -1.87. The minimum atomic E-state index is -0.688. The number of carbonyl (C=O) groups is 1. The molecule has 1 amide bonds. The van der Waals surface area contributed by atoms with Gasteiger partial charge < -0.3 is 5.32 Å². The molecule has 4 heteroatoms. The number of alkyl halides is 1. The SMILES string of the molecule is C[C@H](NC(=O)C(Cl)c1ccccc1)c1ccccn1. The molecule has 0 spiro atoms. The van der Waals surface area contributed by atoms with Crippen LogP contribution in [0.2, 0.25) is 0 Å². The van der Waals surface area contributed by atoms with Gasteiger partial charge in [-0.2, -0.15) is 0 Å². The monoisotopic (exact) mass is 274 g/mol. The summed E-state index contributed by atoms with van der Waals surface area (Å²) in [7, 11) is 0. The number of halogens is 1. The maximum Gasteiger partial charge on any atom is 0.243 e. The van der Waals surface area contributed by atoms with E-state index in [0.29, 0.717) is 0 Å². The number of nitrogens with zero attached hydrogens (tertiary/aromatic N) is 1. The van der Waals surface area contributed by atoms with Crippen molar-refractivity contribution >= 4 is 17.5 Å². The van der Waals surface area contributed by atoms with E-state index in [1.165, 1.54) is 0 Å². The summed E-state index contributed by atoms with van der Waals surface area (Å²) in [6, 6.07) is 14.7. The van der Waals surface area contributed by atoms with Crippen LogP contribution >= 0.6 is 11.6 Å². The number of amides is 1. The van der Waals surface area contributed by atoms with Crippen LogP contribution < -0.4 is 5.32 Å². The number of aromatic nitrogens is 1. The number of carbonyl (C=O) groups excluding carboxylic acids is 1. The van der Waals surface area contributed by atoms with Gasteiger partial charge in [0.15, 0.2) is 0 Å².